The van der Waals surface area contributed by atoms with Gasteiger partial charge in [-0.2, -0.15) is 0 Å². The summed E-state index contributed by atoms with van der Waals surface area (Å²) in [4.78, 5) is 25.5. The number of hydrogen-bond donors (Lipinski definition) is 1. The van der Waals surface area contributed by atoms with E-state index in [1.165, 1.54) is 6.33 Å². The second-order valence-corrected chi connectivity index (χ2v) is 6.90. The molecule has 1 aromatic carbocycles. The number of hydrogen-bond acceptors (Lipinski definition) is 6. The Labute approximate surface area is 162 Å². The largest absolute Gasteiger partial charge is 0.376 e. The van der Waals surface area contributed by atoms with E-state index in [4.69, 9.17) is 9.47 Å². The quantitative estimate of drug-likeness (QED) is 0.730. The lowest BCUT2D eigenvalue weighted by molar-refractivity contribution is -0.0484. The van der Waals surface area contributed by atoms with Gasteiger partial charge in [0.1, 0.15) is 12.4 Å². The van der Waals surface area contributed by atoms with Gasteiger partial charge in [0.25, 0.3) is 5.91 Å². The first-order valence-electron chi connectivity index (χ1n) is 9.36. The summed E-state index contributed by atoms with van der Waals surface area (Å²) in [5.41, 5.74) is 1.65. The number of carbonyl (C=O) groups excluding carboxylic acids is 1. The van der Waals surface area contributed by atoms with Crippen molar-refractivity contribution in [3.05, 3.63) is 48.5 Å². The monoisotopic (exact) mass is 381 g/mol. The number of fused-ring (bicyclic) bond motifs is 1. The van der Waals surface area contributed by atoms with Crippen LogP contribution in [0.1, 0.15) is 36.9 Å². The molecule has 1 amide bonds. The normalized spacial score (nSPS) is 24.5. The van der Waals surface area contributed by atoms with E-state index in [2.05, 4.69) is 34.1 Å². The van der Waals surface area contributed by atoms with Crippen LogP contribution in [0.25, 0.3) is 11.2 Å². The summed E-state index contributed by atoms with van der Waals surface area (Å²) in [5, 5.41) is 2.82. The summed E-state index contributed by atoms with van der Waals surface area (Å²) in [6.07, 6.45) is 3.64. The summed E-state index contributed by atoms with van der Waals surface area (Å²) >= 11 is 0. The molecule has 0 aliphatic carbocycles. The first-order valence-corrected chi connectivity index (χ1v) is 9.36. The van der Waals surface area contributed by atoms with E-state index in [0.29, 0.717) is 22.5 Å². The van der Waals surface area contributed by atoms with Crippen molar-refractivity contribution in [2.24, 2.45) is 5.92 Å². The Hall–Kier alpha value is -2.84. The summed E-state index contributed by atoms with van der Waals surface area (Å²) < 4.78 is 13.8. The molecule has 1 saturated heterocycles. The highest BCUT2D eigenvalue weighted by Gasteiger charge is 2.43. The number of aromatic nitrogens is 4. The molecule has 0 spiro atoms. The van der Waals surface area contributed by atoms with Crippen LogP contribution in [-0.2, 0) is 9.47 Å². The van der Waals surface area contributed by atoms with Crippen molar-refractivity contribution >= 4 is 22.9 Å². The van der Waals surface area contributed by atoms with Gasteiger partial charge in [0.2, 0.25) is 0 Å². The van der Waals surface area contributed by atoms with Crippen LogP contribution in [0.2, 0.25) is 0 Å². The van der Waals surface area contributed by atoms with E-state index < -0.39 is 0 Å². The van der Waals surface area contributed by atoms with Gasteiger partial charge in [0.05, 0.1) is 12.4 Å². The number of nitrogens with one attached hydrogen (secondary N) is 1. The molecule has 0 radical (unpaired) electrons. The Morgan fingerprint density at radius 1 is 1.25 bits per heavy atom. The highest BCUT2D eigenvalue weighted by atomic mass is 16.6. The van der Waals surface area contributed by atoms with Crippen molar-refractivity contribution in [1.82, 2.24) is 19.5 Å². The number of methoxy groups -OCH3 is 1. The fourth-order valence-electron chi connectivity index (χ4n) is 3.77. The minimum Gasteiger partial charge on any atom is -0.376 e. The number of carbonyl (C=O) groups is 1. The molecular weight excluding hydrogens is 358 g/mol. The molecule has 4 rings (SSSR count). The Kier molecular flexibility index (Phi) is 5.06. The Morgan fingerprint density at radius 3 is 2.75 bits per heavy atom. The van der Waals surface area contributed by atoms with Crippen LogP contribution in [0, 0.1) is 5.92 Å². The number of amides is 1. The van der Waals surface area contributed by atoms with E-state index in [-0.39, 0.29) is 30.3 Å². The van der Waals surface area contributed by atoms with E-state index >= 15 is 0 Å². The van der Waals surface area contributed by atoms with Crippen molar-refractivity contribution < 1.29 is 14.3 Å². The molecule has 8 nitrogen and oxygen atoms in total. The van der Waals surface area contributed by atoms with Gasteiger partial charge < -0.3 is 14.8 Å². The van der Waals surface area contributed by atoms with Crippen molar-refractivity contribution in [1.29, 1.82) is 0 Å². The number of ether oxygens (including phenoxy) is 2. The van der Waals surface area contributed by atoms with Crippen molar-refractivity contribution in [3.63, 3.8) is 0 Å². The fraction of sp³-hybridized carbons (Fsp3) is 0.400. The van der Waals surface area contributed by atoms with Crippen LogP contribution in [-0.4, -0.2) is 44.7 Å². The zero-order valence-electron chi connectivity index (χ0n) is 16.1. The van der Waals surface area contributed by atoms with Gasteiger partial charge in [0.15, 0.2) is 23.2 Å². The van der Waals surface area contributed by atoms with Gasteiger partial charge in [-0.25, -0.2) is 15.0 Å². The van der Waals surface area contributed by atoms with Crippen LogP contribution >= 0.6 is 0 Å². The number of imidazole rings is 1. The number of anilines is 1. The smallest absolute Gasteiger partial charge is 0.256 e. The first kappa shape index (κ1) is 18.5. The maximum Gasteiger partial charge on any atom is 0.256 e. The minimum atomic E-state index is -0.331. The summed E-state index contributed by atoms with van der Waals surface area (Å²) in [6.45, 7) is 4.23. The number of nitrogens with zero attached hydrogens (tertiary/aromatic N) is 4. The van der Waals surface area contributed by atoms with Gasteiger partial charge in [-0.05, 0) is 18.6 Å². The molecule has 1 fully saturated rings. The van der Waals surface area contributed by atoms with Crippen molar-refractivity contribution in [2.45, 2.75) is 38.7 Å². The zero-order valence-corrected chi connectivity index (χ0v) is 16.1. The summed E-state index contributed by atoms with van der Waals surface area (Å²) in [5.74, 6) is 0.364. The molecule has 2 aromatic heterocycles. The summed E-state index contributed by atoms with van der Waals surface area (Å²) in [7, 11) is 1.69. The zero-order chi connectivity index (χ0) is 19.7. The van der Waals surface area contributed by atoms with E-state index in [0.717, 1.165) is 6.42 Å². The van der Waals surface area contributed by atoms with Gasteiger partial charge >= 0.3 is 0 Å². The molecule has 3 aromatic rings. The van der Waals surface area contributed by atoms with Crippen LogP contribution in [0.5, 0.6) is 0 Å². The molecule has 1 unspecified atom stereocenters. The molecular formula is C20H23N5O3. The topological polar surface area (TPSA) is 91.2 Å². The maximum absolute atomic E-state index is 12.5. The van der Waals surface area contributed by atoms with Gasteiger partial charge in [-0.1, -0.05) is 32.0 Å². The molecule has 0 bridgehead atoms. The SMILES string of the molecule is CC[C@H]1O[C@@H](n2cnc3c(NC(=O)c4ccccc4)ncnc32)[C@@H](OC)C1C. The Bertz CT molecular complexity index is 974. The van der Waals surface area contributed by atoms with Gasteiger partial charge in [-0.15, -0.1) is 0 Å². The lowest BCUT2D eigenvalue weighted by Crippen LogP contribution is -2.26. The maximum atomic E-state index is 12.5. The third-order valence-electron chi connectivity index (χ3n) is 5.28. The van der Waals surface area contributed by atoms with Crippen LogP contribution in [0.3, 0.4) is 0 Å². The molecule has 4 atom stereocenters. The van der Waals surface area contributed by atoms with Crippen molar-refractivity contribution in [3.8, 4) is 0 Å². The Balaban J connectivity index is 1.66. The van der Waals surface area contributed by atoms with Gasteiger partial charge in [0, 0.05) is 18.6 Å². The standard InChI is InChI=1S/C20H23N5O3/c1-4-14-12(2)16(27-3)20(28-14)25-11-23-15-17(21-10-22-18(15)25)24-19(26)13-8-6-5-7-9-13/h5-12,14,16,20H,4H2,1-3H3,(H,21,22,24,26)/t12?,14-,16+,20-/m1/s1. The second-order valence-electron chi connectivity index (χ2n) is 6.90. The molecule has 1 N–H and O–H groups in total. The van der Waals surface area contributed by atoms with Gasteiger partial charge in [-0.3, -0.25) is 9.36 Å². The molecule has 146 valence electrons. The Morgan fingerprint density at radius 2 is 2.04 bits per heavy atom. The predicted molar refractivity (Wildman–Crippen MR) is 104 cm³/mol. The summed E-state index contributed by atoms with van der Waals surface area (Å²) in [6, 6.07) is 8.97. The highest BCUT2D eigenvalue weighted by Crippen LogP contribution is 2.38. The third kappa shape index (κ3) is 3.14. The first-order chi connectivity index (χ1) is 13.6. The van der Waals surface area contributed by atoms with Crippen LogP contribution in [0.15, 0.2) is 43.0 Å². The lowest BCUT2D eigenvalue weighted by atomic mass is 9.98. The van der Waals surface area contributed by atoms with E-state index in [9.17, 15) is 4.79 Å². The fourth-order valence-corrected chi connectivity index (χ4v) is 3.77. The molecule has 28 heavy (non-hydrogen) atoms. The van der Waals surface area contributed by atoms with Crippen molar-refractivity contribution in [2.75, 3.05) is 12.4 Å². The molecule has 0 saturated carbocycles. The number of benzene rings is 1. The van der Waals surface area contributed by atoms with E-state index in [1.807, 2.05) is 22.8 Å². The predicted octanol–water partition coefficient (Wildman–Crippen LogP) is 3.04. The highest BCUT2D eigenvalue weighted by molar-refractivity contribution is 6.06. The van der Waals surface area contributed by atoms with Crippen LogP contribution in [0.4, 0.5) is 5.82 Å². The second kappa shape index (κ2) is 7.65. The lowest BCUT2D eigenvalue weighted by Gasteiger charge is -2.20. The van der Waals surface area contributed by atoms with Crippen LogP contribution < -0.4 is 5.32 Å². The van der Waals surface area contributed by atoms with E-state index in [1.54, 1.807) is 25.6 Å². The molecule has 3 heterocycles. The molecule has 1 aliphatic rings. The third-order valence-corrected chi connectivity index (χ3v) is 5.28. The average molecular weight is 381 g/mol. The molecule has 8 heteroatoms. The minimum absolute atomic E-state index is 0.103. The molecule has 1 aliphatic heterocycles. The average Bonchev–Trinajstić information content (AvgIpc) is 3.29. The number of rotatable bonds is 5.